The summed E-state index contributed by atoms with van der Waals surface area (Å²) >= 11 is 0. The Bertz CT molecular complexity index is 929. The van der Waals surface area contributed by atoms with Gasteiger partial charge in [0.15, 0.2) is 0 Å². The van der Waals surface area contributed by atoms with E-state index in [0.717, 1.165) is 11.2 Å². The molecule has 3 heterocycles. The zero-order valence-corrected chi connectivity index (χ0v) is 13.6. The quantitative estimate of drug-likeness (QED) is 0.733. The lowest BCUT2D eigenvalue weighted by atomic mass is 10.3. The summed E-state index contributed by atoms with van der Waals surface area (Å²) in [4.78, 5) is 4.31. The number of fused-ring (bicyclic) bond motifs is 1. The maximum absolute atomic E-state index is 12.5. The third kappa shape index (κ3) is 3.20. The van der Waals surface area contributed by atoms with E-state index in [9.17, 15) is 8.42 Å². The first kappa shape index (κ1) is 15.5. The molecule has 0 unspecified atom stereocenters. The highest BCUT2D eigenvalue weighted by atomic mass is 32.2. The summed E-state index contributed by atoms with van der Waals surface area (Å²) in [5.74, 6) is 0. The van der Waals surface area contributed by atoms with Crippen molar-refractivity contribution in [3.8, 4) is 0 Å². The number of hydrogen-bond donors (Lipinski definition) is 1. The van der Waals surface area contributed by atoms with Crippen LogP contribution in [-0.4, -0.2) is 41.3 Å². The Morgan fingerprint density at radius 1 is 1.35 bits per heavy atom. The smallest absolute Gasteiger partial charge is 0.265 e. The zero-order chi connectivity index (χ0) is 16.4. The number of nitrogens with zero attached hydrogens (tertiary/aromatic N) is 4. The van der Waals surface area contributed by atoms with Crippen LogP contribution >= 0.6 is 0 Å². The third-order valence-corrected chi connectivity index (χ3v) is 4.70. The molecular weight excluding hydrogens is 318 g/mol. The molecule has 0 amide bonds. The average molecular weight is 335 g/mol. The van der Waals surface area contributed by atoms with Crippen molar-refractivity contribution in [3.05, 3.63) is 42.6 Å². The van der Waals surface area contributed by atoms with Gasteiger partial charge in [-0.3, -0.25) is 9.40 Å². The predicted molar refractivity (Wildman–Crippen MR) is 84.8 cm³/mol. The van der Waals surface area contributed by atoms with Crippen LogP contribution in [0.1, 0.15) is 5.56 Å². The summed E-state index contributed by atoms with van der Waals surface area (Å²) in [5.41, 5.74) is 2.14. The second-order valence-electron chi connectivity index (χ2n) is 5.11. The van der Waals surface area contributed by atoms with E-state index >= 15 is 0 Å². The van der Waals surface area contributed by atoms with E-state index in [1.165, 1.54) is 17.1 Å². The van der Waals surface area contributed by atoms with Crippen LogP contribution in [0.15, 0.2) is 41.9 Å². The maximum atomic E-state index is 12.5. The van der Waals surface area contributed by atoms with Crippen LogP contribution in [0.2, 0.25) is 0 Å². The summed E-state index contributed by atoms with van der Waals surface area (Å²) in [7, 11) is -2.11. The molecule has 0 aliphatic rings. The van der Waals surface area contributed by atoms with E-state index < -0.39 is 10.0 Å². The van der Waals surface area contributed by atoms with Crippen LogP contribution in [0.25, 0.3) is 5.65 Å². The molecule has 0 saturated carbocycles. The Kier molecular flexibility index (Phi) is 4.05. The highest BCUT2D eigenvalue weighted by molar-refractivity contribution is 7.92. The number of rotatable bonds is 6. The van der Waals surface area contributed by atoms with E-state index in [4.69, 9.17) is 4.74 Å². The van der Waals surface area contributed by atoms with E-state index in [0.29, 0.717) is 18.8 Å². The molecule has 23 heavy (non-hydrogen) atoms. The highest BCUT2D eigenvalue weighted by Crippen LogP contribution is 2.19. The average Bonchev–Trinajstić information content (AvgIpc) is 3.13. The van der Waals surface area contributed by atoms with Crippen LogP contribution < -0.4 is 4.72 Å². The minimum absolute atomic E-state index is 0.108. The molecule has 9 heteroatoms. The number of hydrogen-bond acceptors (Lipinski definition) is 5. The molecule has 0 atom stereocenters. The highest BCUT2D eigenvalue weighted by Gasteiger charge is 2.17. The van der Waals surface area contributed by atoms with Gasteiger partial charge < -0.3 is 9.14 Å². The van der Waals surface area contributed by atoms with Crippen LogP contribution in [0.4, 0.5) is 5.69 Å². The summed E-state index contributed by atoms with van der Waals surface area (Å²) < 4.78 is 35.7. The van der Waals surface area contributed by atoms with Gasteiger partial charge in [0, 0.05) is 31.9 Å². The van der Waals surface area contributed by atoms with E-state index in [1.54, 1.807) is 36.2 Å². The lowest BCUT2D eigenvalue weighted by Gasteiger charge is -2.08. The number of nitrogens with one attached hydrogen (secondary N) is 1. The Morgan fingerprint density at radius 3 is 2.96 bits per heavy atom. The number of aromatic nitrogens is 4. The molecule has 0 aliphatic carbocycles. The zero-order valence-electron chi connectivity index (χ0n) is 12.8. The van der Waals surface area contributed by atoms with E-state index in [1.807, 2.05) is 6.92 Å². The third-order valence-electron chi connectivity index (χ3n) is 3.37. The predicted octanol–water partition coefficient (Wildman–Crippen LogP) is 1.29. The van der Waals surface area contributed by atoms with Gasteiger partial charge in [-0.2, -0.15) is 5.10 Å². The van der Waals surface area contributed by atoms with Crippen molar-refractivity contribution in [1.29, 1.82) is 0 Å². The van der Waals surface area contributed by atoms with Gasteiger partial charge in [-0.25, -0.2) is 13.4 Å². The van der Waals surface area contributed by atoms with Crippen LogP contribution in [0.3, 0.4) is 0 Å². The molecule has 0 radical (unpaired) electrons. The van der Waals surface area contributed by atoms with Crippen molar-refractivity contribution in [1.82, 2.24) is 19.2 Å². The van der Waals surface area contributed by atoms with Gasteiger partial charge in [-0.1, -0.05) is 0 Å². The lowest BCUT2D eigenvalue weighted by molar-refractivity contribution is 0.183. The number of ether oxygens (including phenoxy) is 1. The van der Waals surface area contributed by atoms with Crippen molar-refractivity contribution in [2.75, 3.05) is 18.4 Å². The molecule has 3 aromatic heterocycles. The fraction of sp³-hybridized carbons (Fsp3) is 0.286. The molecule has 0 fully saturated rings. The molecule has 0 spiro atoms. The van der Waals surface area contributed by atoms with E-state index in [-0.39, 0.29) is 4.90 Å². The normalized spacial score (nSPS) is 11.9. The Balaban J connectivity index is 1.85. The minimum atomic E-state index is -3.69. The molecular formula is C14H17N5O3S. The SMILES string of the molecule is COCCn1cc(S(=O)(=O)Nc2cc(C)c3nccn3c2)cn1. The monoisotopic (exact) mass is 335 g/mol. The first-order valence-corrected chi connectivity index (χ1v) is 8.45. The number of methoxy groups -OCH3 is 1. The molecule has 3 rings (SSSR count). The minimum Gasteiger partial charge on any atom is -0.383 e. The summed E-state index contributed by atoms with van der Waals surface area (Å²) in [5, 5.41) is 4.02. The second kappa shape index (κ2) is 6.01. The molecule has 0 aromatic carbocycles. The molecule has 1 N–H and O–H groups in total. The summed E-state index contributed by atoms with van der Waals surface area (Å²) in [6, 6.07) is 1.75. The maximum Gasteiger partial charge on any atom is 0.265 e. The number of aryl methyl sites for hydroxylation is 1. The van der Waals surface area contributed by atoms with Crippen molar-refractivity contribution < 1.29 is 13.2 Å². The van der Waals surface area contributed by atoms with Gasteiger partial charge in [0.05, 0.1) is 25.0 Å². The Labute approximate surface area is 133 Å². The number of pyridine rings is 1. The first-order chi connectivity index (χ1) is 11.0. The number of sulfonamides is 1. The van der Waals surface area contributed by atoms with E-state index in [2.05, 4.69) is 14.8 Å². The van der Waals surface area contributed by atoms with Crippen molar-refractivity contribution in [3.63, 3.8) is 0 Å². The van der Waals surface area contributed by atoms with Crippen molar-refractivity contribution in [2.45, 2.75) is 18.4 Å². The van der Waals surface area contributed by atoms with Gasteiger partial charge in [0.1, 0.15) is 10.5 Å². The van der Waals surface area contributed by atoms with Gasteiger partial charge in [0.25, 0.3) is 10.0 Å². The molecule has 0 saturated heterocycles. The standard InChI is InChI=1S/C14H17N5O3S/c1-11-7-12(9-18-4-3-15-14(11)18)17-23(20,21)13-8-16-19(10-13)5-6-22-2/h3-4,7-10,17H,5-6H2,1-2H3. The Morgan fingerprint density at radius 2 is 2.17 bits per heavy atom. The number of anilines is 1. The van der Waals surface area contributed by atoms with Gasteiger partial charge in [0.2, 0.25) is 0 Å². The molecule has 3 aromatic rings. The fourth-order valence-electron chi connectivity index (χ4n) is 2.27. The summed E-state index contributed by atoms with van der Waals surface area (Å²) in [6.45, 7) is 2.83. The van der Waals surface area contributed by atoms with Crippen LogP contribution in [0.5, 0.6) is 0 Å². The number of imidazole rings is 1. The van der Waals surface area contributed by atoms with Gasteiger partial charge >= 0.3 is 0 Å². The topological polar surface area (TPSA) is 90.5 Å². The fourth-order valence-corrected chi connectivity index (χ4v) is 3.25. The van der Waals surface area contributed by atoms with Crippen molar-refractivity contribution >= 4 is 21.4 Å². The molecule has 0 bridgehead atoms. The molecule has 0 aliphatic heterocycles. The van der Waals surface area contributed by atoms with Crippen LogP contribution in [0, 0.1) is 6.92 Å². The first-order valence-electron chi connectivity index (χ1n) is 6.97. The molecule has 8 nitrogen and oxygen atoms in total. The summed E-state index contributed by atoms with van der Waals surface area (Å²) in [6.07, 6.45) is 7.91. The largest absolute Gasteiger partial charge is 0.383 e. The molecule has 122 valence electrons. The Hall–Kier alpha value is -2.39. The van der Waals surface area contributed by atoms with Gasteiger partial charge in [-0.05, 0) is 18.6 Å². The van der Waals surface area contributed by atoms with Crippen molar-refractivity contribution in [2.24, 2.45) is 0 Å². The second-order valence-corrected chi connectivity index (χ2v) is 6.79. The van der Waals surface area contributed by atoms with Gasteiger partial charge in [-0.15, -0.1) is 0 Å². The van der Waals surface area contributed by atoms with Crippen LogP contribution in [-0.2, 0) is 21.3 Å². The lowest BCUT2D eigenvalue weighted by Crippen LogP contribution is -2.13.